The van der Waals surface area contributed by atoms with Crippen LogP contribution in [0.25, 0.3) is 11.3 Å². The molecule has 0 N–H and O–H groups in total. The lowest BCUT2D eigenvalue weighted by Crippen LogP contribution is -1.98. The van der Waals surface area contributed by atoms with E-state index in [1.807, 2.05) is 19.2 Å². The van der Waals surface area contributed by atoms with Gasteiger partial charge in [-0.1, -0.05) is 52.4 Å². The third-order valence-corrected chi connectivity index (χ3v) is 4.43. The summed E-state index contributed by atoms with van der Waals surface area (Å²) < 4.78 is 19.5. The highest BCUT2D eigenvalue weighted by atomic mass is 19.1. The fourth-order valence-electron chi connectivity index (χ4n) is 2.89. The van der Waals surface area contributed by atoms with Crippen molar-refractivity contribution < 1.29 is 9.13 Å². The highest BCUT2D eigenvalue weighted by molar-refractivity contribution is 5.59. The van der Waals surface area contributed by atoms with Crippen molar-refractivity contribution in [1.29, 1.82) is 0 Å². The van der Waals surface area contributed by atoms with Gasteiger partial charge in [0.05, 0.1) is 24.2 Å². The molecule has 0 aliphatic rings. The number of benzene rings is 1. The molecule has 0 atom stereocenters. The number of hydrogen-bond donors (Lipinski definition) is 0. The smallest absolute Gasteiger partial charge is 0.165 e. The molecule has 26 heavy (non-hydrogen) atoms. The van der Waals surface area contributed by atoms with Gasteiger partial charge in [0.15, 0.2) is 11.6 Å². The van der Waals surface area contributed by atoms with Gasteiger partial charge in [-0.25, -0.2) is 4.39 Å². The first-order chi connectivity index (χ1) is 12.7. The fourth-order valence-corrected chi connectivity index (χ4v) is 2.89. The molecule has 0 aliphatic carbocycles. The first-order valence-electron chi connectivity index (χ1n) is 9.98. The zero-order valence-corrected chi connectivity index (χ0v) is 16.1. The van der Waals surface area contributed by atoms with Crippen LogP contribution in [0.3, 0.4) is 0 Å². The van der Waals surface area contributed by atoms with Gasteiger partial charge in [0.2, 0.25) is 0 Å². The summed E-state index contributed by atoms with van der Waals surface area (Å²) in [6.45, 7) is 4.75. The lowest BCUT2D eigenvalue weighted by Gasteiger charge is -2.08. The monoisotopic (exact) mass is 358 g/mol. The van der Waals surface area contributed by atoms with Gasteiger partial charge >= 0.3 is 0 Å². The molecule has 142 valence electrons. The van der Waals surface area contributed by atoms with E-state index in [0.29, 0.717) is 18.1 Å². The quantitative estimate of drug-likeness (QED) is 0.414. The number of nitrogens with zero attached hydrogens (tertiary/aromatic N) is 2. The summed E-state index contributed by atoms with van der Waals surface area (Å²) >= 11 is 0. The van der Waals surface area contributed by atoms with E-state index in [1.54, 1.807) is 12.3 Å². The van der Waals surface area contributed by atoms with E-state index in [9.17, 15) is 4.39 Å². The minimum absolute atomic E-state index is 0.291. The molecule has 0 saturated heterocycles. The third-order valence-electron chi connectivity index (χ3n) is 4.43. The Kier molecular flexibility index (Phi) is 9.08. The molecule has 1 aromatic carbocycles. The Morgan fingerprint density at radius 3 is 2.31 bits per heavy atom. The molecule has 0 spiro atoms. The molecule has 0 amide bonds. The van der Waals surface area contributed by atoms with Gasteiger partial charge in [-0.3, -0.25) is 9.97 Å². The van der Waals surface area contributed by atoms with E-state index in [-0.39, 0.29) is 5.82 Å². The highest BCUT2D eigenvalue weighted by Gasteiger charge is 2.07. The van der Waals surface area contributed by atoms with Crippen molar-refractivity contribution in [3.05, 3.63) is 42.1 Å². The van der Waals surface area contributed by atoms with Crippen LogP contribution in [0.4, 0.5) is 4.39 Å². The average molecular weight is 359 g/mol. The van der Waals surface area contributed by atoms with Crippen LogP contribution < -0.4 is 4.74 Å². The molecule has 1 heterocycles. The molecule has 2 rings (SSSR count). The SMILES string of the molecule is CCCCCCCCCc1cnc(-c2ccc(OCCC)c(F)c2)cn1. The predicted octanol–water partition coefficient (Wildman–Crippen LogP) is 6.36. The number of rotatable bonds is 12. The Bertz CT molecular complexity index is 643. The van der Waals surface area contributed by atoms with Gasteiger partial charge in [-0.15, -0.1) is 0 Å². The Morgan fingerprint density at radius 2 is 1.65 bits per heavy atom. The van der Waals surface area contributed by atoms with Crippen molar-refractivity contribution in [2.24, 2.45) is 0 Å². The van der Waals surface area contributed by atoms with Crippen molar-refractivity contribution in [3.8, 4) is 17.0 Å². The van der Waals surface area contributed by atoms with E-state index in [4.69, 9.17) is 4.74 Å². The van der Waals surface area contributed by atoms with Crippen LogP contribution in [0.2, 0.25) is 0 Å². The molecule has 0 radical (unpaired) electrons. The van der Waals surface area contributed by atoms with Crippen molar-refractivity contribution in [1.82, 2.24) is 9.97 Å². The summed E-state index contributed by atoms with van der Waals surface area (Å²) in [4.78, 5) is 8.94. The van der Waals surface area contributed by atoms with E-state index < -0.39 is 0 Å². The van der Waals surface area contributed by atoms with E-state index in [1.165, 1.54) is 44.6 Å². The predicted molar refractivity (Wildman–Crippen MR) is 105 cm³/mol. The van der Waals surface area contributed by atoms with Gasteiger partial charge in [-0.05, 0) is 37.5 Å². The van der Waals surface area contributed by atoms with Crippen molar-refractivity contribution >= 4 is 0 Å². The van der Waals surface area contributed by atoms with E-state index in [2.05, 4.69) is 16.9 Å². The summed E-state index contributed by atoms with van der Waals surface area (Å²) in [6.07, 6.45) is 14.4. The number of aromatic nitrogens is 2. The number of hydrogen-bond acceptors (Lipinski definition) is 3. The third kappa shape index (κ3) is 6.74. The van der Waals surface area contributed by atoms with Crippen LogP contribution in [0, 0.1) is 5.82 Å². The first-order valence-corrected chi connectivity index (χ1v) is 9.98. The second kappa shape index (κ2) is 11.6. The molecule has 4 heteroatoms. The van der Waals surface area contributed by atoms with Gasteiger partial charge in [0.25, 0.3) is 0 Å². The summed E-state index contributed by atoms with van der Waals surface area (Å²) in [6, 6.07) is 4.95. The molecule has 0 unspecified atom stereocenters. The van der Waals surface area contributed by atoms with Crippen molar-refractivity contribution in [2.45, 2.75) is 71.6 Å². The van der Waals surface area contributed by atoms with Crippen molar-refractivity contribution in [3.63, 3.8) is 0 Å². The Labute approximate surface area is 157 Å². The number of ether oxygens (including phenoxy) is 1. The molecule has 3 nitrogen and oxygen atoms in total. The summed E-state index contributed by atoms with van der Waals surface area (Å²) in [5.74, 6) is -0.0657. The standard InChI is InChI=1S/C22H31FN2O/c1-3-5-6-7-8-9-10-11-19-16-25-21(17-24-19)18-12-13-22(20(23)15-18)26-14-4-2/h12-13,15-17H,3-11,14H2,1-2H3. The van der Waals surface area contributed by atoms with Crippen LogP contribution in [-0.2, 0) is 6.42 Å². The zero-order chi connectivity index (χ0) is 18.6. The van der Waals surface area contributed by atoms with Crippen LogP contribution in [0.1, 0.15) is 70.9 Å². The normalized spacial score (nSPS) is 10.9. The van der Waals surface area contributed by atoms with Crippen LogP contribution in [-0.4, -0.2) is 16.6 Å². The topological polar surface area (TPSA) is 35.0 Å². The summed E-state index contributed by atoms with van der Waals surface area (Å²) in [7, 11) is 0. The Morgan fingerprint density at radius 1 is 0.885 bits per heavy atom. The fraction of sp³-hybridized carbons (Fsp3) is 0.545. The molecule has 0 bridgehead atoms. The number of halogens is 1. The Balaban J connectivity index is 1.82. The average Bonchev–Trinajstić information content (AvgIpc) is 2.67. The number of unbranched alkanes of at least 4 members (excludes halogenated alkanes) is 6. The molecule has 2 aromatic rings. The van der Waals surface area contributed by atoms with Crippen LogP contribution >= 0.6 is 0 Å². The number of aryl methyl sites for hydroxylation is 1. The first kappa shape index (κ1) is 20.3. The van der Waals surface area contributed by atoms with Gasteiger partial charge < -0.3 is 4.74 Å². The Hall–Kier alpha value is -1.97. The van der Waals surface area contributed by atoms with Gasteiger partial charge in [-0.2, -0.15) is 0 Å². The lowest BCUT2D eigenvalue weighted by atomic mass is 10.1. The maximum atomic E-state index is 14.1. The second-order valence-corrected chi connectivity index (χ2v) is 6.76. The minimum atomic E-state index is -0.357. The van der Waals surface area contributed by atoms with Crippen LogP contribution in [0.5, 0.6) is 5.75 Å². The maximum absolute atomic E-state index is 14.1. The van der Waals surface area contributed by atoms with E-state index in [0.717, 1.165) is 30.5 Å². The summed E-state index contributed by atoms with van der Waals surface area (Å²) in [5, 5.41) is 0. The highest BCUT2D eigenvalue weighted by Crippen LogP contribution is 2.24. The minimum Gasteiger partial charge on any atom is -0.491 e. The lowest BCUT2D eigenvalue weighted by molar-refractivity contribution is 0.301. The van der Waals surface area contributed by atoms with E-state index >= 15 is 0 Å². The molecule has 1 aromatic heterocycles. The summed E-state index contributed by atoms with van der Waals surface area (Å²) in [5.41, 5.74) is 2.42. The zero-order valence-electron chi connectivity index (χ0n) is 16.1. The van der Waals surface area contributed by atoms with Gasteiger partial charge in [0, 0.05) is 11.8 Å². The molecular formula is C22H31FN2O. The van der Waals surface area contributed by atoms with Crippen molar-refractivity contribution in [2.75, 3.05) is 6.61 Å². The van der Waals surface area contributed by atoms with Crippen LogP contribution in [0.15, 0.2) is 30.6 Å². The largest absolute Gasteiger partial charge is 0.491 e. The molecule has 0 aliphatic heterocycles. The maximum Gasteiger partial charge on any atom is 0.165 e. The molecule has 0 fully saturated rings. The molecule has 0 saturated carbocycles. The second-order valence-electron chi connectivity index (χ2n) is 6.76. The molecular weight excluding hydrogens is 327 g/mol. The van der Waals surface area contributed by atoms with Gasteiger partial charge in [0.1, 0.15) is 0 Å².